The van der Waals surface area contributed by atoms with Crippen LogP contribution in [0, 0.1) is 22.0 Å². The zero-order valence-electron chi connectivity index (χ0n) is 8.81. The minimum atomic E-state index is -0.475. The van der Waals surface area contributed by atoms with Gasteiger partial charge in [0.2, 0.25) is 5.82 Å². The topological polar surface area (TPSA) is 68.1 Å². The van der Waals surface area contributed by atoms with E-state index >= 15 is 0 Å². The molecule has 0 bridgehead atoms. The van der Waals surface area contributed by atoms with Gasteiger partial charge in [0.25, 0.3) is 0 Å². The molecule has 1 N–H and O–H groups in total. The fourth-order valence-corrected chi connectivity index (χ4v) is 1.77. The van der Waals surface area contributed by atoms with Crippen LogP contribution in [0.3, 0.4) is 0 Å². The summed E-state index contributed by atoms with van der Waals surface area (Å²) in [5, 5.41) is 14.0. The Balaban J connectivity index is 2.09. The van der Waals surface area contributed by atoms with Crippen molar-refractivity contribution in [2.45, 2.75) is 13.3 Å². The standard InChI is InChI=1S/C10H12ClN3O2/c1-6-2-7(6)4-12-10-9(14(15)16)3-8(11)5-13-10/h3,5-7H,2,4H2,1H3,(H,12,13). The van der Waals surface area contributed by atoms with Gasteiger partial charge in [0.05, 0.1) is 9.95 Å². The zero-order valence-corrected chi connectivity index (χ0v) is 9.57. The summed E-state index contributed by atoms with van der Waals surface area (Å²) < 4.78 is 0. The van der Waals surface area contributed by atoms with Crippen LogP contribution in [0.1, 0.15) is 13.3 Å². The first-order valence-electron chi connectivity index (χ1n) is 5.11. The van der Waals surface area contributed by atoms with Gasteiger partial charge >= 0.3 is 5.69 Å². The monoisotopic (exact) mass is 241 g/mol. The summed E-state index contributed by atoms with van der Waals surface area (Å²) >= 11 is 5.66. The average Bonchev–Trinajstić information content (AvgIpc) is 2.92. The number of hydrogen-bond acceptors (Lipinski definition) is 4. The fourth-order valence-electron chi connectivity index (χ4n) is 1.62. The Labute approximate surface area is 98.0 Å². The van der Waals surface area contributed by atoms with Gasteiger partial charge in [-0.3, -0.25) is 10.1 Å². The third kappa shape index (κ3) is 2.41. The maximum atomic E-state index is 10.8. The van der Waals surface area contributed by atoms with Crippen molar-refractivity contribution in [1.29, 1.82) is 0 Å². The van der Waals surface area contributed by atoms with Crippen LogP contribution in [-0.4, -0.2) is 16.5 Å². The lowest BCUT2D eigenvalue weighted by molar-refractivity contribution is -0.384. The highest BCUT2D eigenvalue weighted by molar-refractivity contribution is 6.30. The van der Waals surface area contributed by atoms with Crippen LogP contribution < -0.4 is 5.32 Å². The van der Waals surface area contributed by atoms with E-state index in [2.05, 4.69) is 17.2 Å². The van der Waals surface area contributed by atoms with Gasteiger partial charge < -0.3 is 5.32 Å². The predicted molar refractivity (Wildman–Crippen MR) is 61.7 cm³/mol. The Morgan fingerprint density at radius 2 is 2.44 bits per heavy atom. The molecule has 2 unspecified atom stereocenters. The second-order valence-electron chi connectivity index (χ2n) is 4.13. The molecule has 1 aliphatic carbocycles. The summed E-state index contributed by atoms with van der Waals surface area (Å²) in [7, 11) is 0. The van der Waals surface area contributed by atoms with E-state index in [0.717, 1.165) is 6.54 Å². The maximum absolute atomic E-state index is 10.8. The van der Waals surface area contributed by atoms with E-state index in [1.165, 1.54) is 18.7 Å². The maximum Gasteiger partial charge on any atom is 0.312 e. The minimum absolute atomic E-state index is 0.0687. The average molecular weight is 242 g/mol. The molecule has 1 aromatic heterocycles. The SMILES string of the molecule is CC1CC1CNc1ncc(Cl)cc1[N+](=O)[O-]. The van der Waals surface area contributed by atoms with Crippen molar-refractivity contribution in [3.63, 3.8) is 0 Å². The van der Waals surface area contributed by atoms with E-state index in [9.17, 15) is 10.1 Å². The molecule has 0 aliphatic heterocycles. The van der Waals surface area contributed by atoms with E-state index in [0.29, 0.717) is 17.7 Å². The van der Waals surface area contributed by atoms with Gasteiger partial charge in [-0.05, 0) is 18.3 Å². The summed E-state index contributed by atoms with van der Waals surface area (Å²) in [4.78, 5) is 14.2. The number of pyridine rings is 1. The van der Waals surface area contributed by atoms with Crippen LogP contribution in [0.15, 0.2) is 12.3 Å². The molecule has 0 spiro atoms. The Kier molecular flexibility index (Phi) is 2.96. The fraction of sp³-hybridized carbons (Fsp3) is 0.500. The van der Waals surface area contributed by atoms with Gasteiger partial charge in [0, 0.05) is 18.8 Å². The second-order valence-corrected chi connectivity index (χ2v) is 4.57. The van der Waals surface area contributed by atoms with E-state index in [4.69, 9.17) is 11.6 Å². The molecule has 2 rings (SSSR count). The highest BCUT2D eigenvalue weighted by Gasteiger charge is 2.32. The first kappa shape index (κ1) is 11.1. The molecule has 0 radical (unpaired) electrons. The molecular weight excluding hydrogens is 230 g/mol. The Bertz CT molecular complexity index is 425. The molecule has 2 atom stereocenters. The number of nitrogens with one attached hydrogen (secondary N) is 1. The molecule has 1 aliphatic rings. The largest absolute Gasteiger partial charge is 0.364 e. The minimum Gasteiger partial charge on any atom is -0.364 e. The lowest BCUT2D eigenvalue weighted by Crippen LogP contribution is -2.08. The van der Waals surface area contributed by atoms with Crippen molar-refractivity contribution < 1.29 is 4.92 Å². The molecule has 1 heterocycles. The van der Waals surface area contributed by atoms with Crippen molar-refractivity contribution in [2.24, 2.45) is 11.8 Å². The van der Waals surface area contributed by atoms with E-state index < -0.39 is 4.92 Å². The molecule has 0 aromatic carbocycles. The molecule has 0 saturated heterocycles. The number of nitrogens with zero attached hydrogens (tertiary/aromatic N) is 2. The Morgan fingerprint density at radius 1 is 1.75 bits per heavy atom. The number of aromatic nitrogens is 1. The predicted octanol–water partition coefficient (Wildman–Crippen LogP) is 2.71. The summed E-state index contributed by atoms with van der Waals surface area (Å²) in [5.74, 6) is 1.62. The second kappa shape index (κ2) is 4.25. The van der Waals surface area contributed by atoms with Crippen molar-refractivity contribution in [2.75, 3.05) is 11.9 Å². The van der Waals surface area contributed by atoms with E-state index in [-0.39, 0.29) is 10.7 Å². The first-order chi connectivity index (χ1) is 7.58. The third-order valence-corrected chi connectivity index (χ3v) is 3.05. The number of nitro groups is 1. The first-order valence-corrected chi connectivity index (χ1v) is 5.49. The summed E-state index contributed by atoms with van der Waals surface area (Å²) in [6.07, 6.45) is 2.58. The quantitative estimate of drug-likeness (QED) is 0.650. The smallest absolute Gasteiger partial charge is 0.312 e. The third-order valence-electron chi connectivity index (χ3n) is 2.84. The molecule has 5 nitrogen and oxygen atoms in total. The number of anilines is 1. The van der Waals surface area contributed by atoms with Gasteiger partial charge in [0.1, 0.15) is 0 Å². The van der Waals surface area contributed by atoms with Gasteiger partial charge in [-0.25, -0.2) is 4.98 Å². The zero-order chi connectivity index (χ0) is 11.7. The number of hydrogen-bond donors (Lipinski definition) is 1. The molecule has 86 valence electrons. The van der Waals surface area contributed by atoms with Crippen LogP contribution >= 0.6 is 11.6 Å². The molecule has 0 amide bonds. The number of halogens is 1. The van der Waals surface area contributed by atoms with E-state index in [1.54, 1.807) is 0 Å². The van der Waals surface area contributed by atoms with Crippen molar-refractivity contribution in [1.82, 2.24) is 4.98 Å². The molecule has 16 heavy (non-hydrogen) atoms. The normalized spacial score (nSPS) is 22.9. The lowest BCUT2D eigenvalue weighted by Gasteiger charge is -2.05. The molecule has 1 saturated carbocycles. The molecule has 6 heteroatoms. The van der Waals surface area contributed by atoms with Gasteiger partial charge in [-0.1, -0.05) is 18.5 Å². The summed E-state index contributed by atoms with van der Waals surface area (Å²) in [6.45, 7) is 2.90. The van der Waals surface area contributed by atoms with Crippen molar-refractivity contribution in [3.8, 4) is 0 Å². The highest BCUT2D eigenvalue weighted by atomic mass is 35.5. The summed E-state index contributed by atoms with van der Waals surface area (Å²) in [5.41, 5.74) is -0.0687. The molecular formula is C10H12ClN3O2. The van der Waals surface area contributed by atoms with Crippen LogP contribution in [0.4, 0.5) is 11.5 Å². The van der Waals surface area contributed by atoms with Crippen molar-refractivity contribution in [3.05, 3.63) is 27.4 Å². The Morgan fingerprint density at radius 3 is 3.00 bits per heavy atom. The van der Waals surface area contributed by atoms with Crippen LogP contribution in [0.5, 0.6) is 0 Å². The van der Waals surface area contributed by atoms with Gasteiger partial charge in [0.15, 0.2) is 0 Å². The van der Waals surface area contributed by atoms with Crippen LogP contribution in [0.2, 0.25) is 5.02 Å². The van der Waals surface area contributed by atoms with E-state index in [1.807, 2.05) is 0 Å². The van der Waals surface area contributed by atoms with Gasteiger partial charge in [-0.2, -0.15) is 0 Å². The highest BCUT2D eigenvalue weighted by Crippen LogP contribution is 2.38. The number of rotatable bonds is 4. The van der Waals surface area contributed by atoms with Gasteiger partial charge in [-0.15, -0.1) is 0 Å². The molecule has 1 fully saturated rings. The van der Waals surface area contributed by atoms with Crippen LogP contribution in [0.25, 0.3) is 0 Å². The molecule has 1 aromatic rings. The van der Waals surface area contributed by atoms with Crippen LogP contribution in [-0.2, 0) is 0 Å². The summed E-state index contributed by atoms with van der Waals surface area (Å²) in [6, 6.07) is 1.31. The van der Waals surface area contributed by atoms with Crippen molar-refractivity contribution >= 4 is 23.1 Å². The Hall–Kier alpha value is -1.36. The lowest BCUT2D eigenvalue weighted by atomic mass is 10.3.